The van der Waals surface area contributed by atoms with Crippen molar-refractivity contribution < 1.29 is 14.1 Å². The molecule has 0 spiro atoms. The molecule has 0 aliphatic rings. The van der Waals surface area contributed by atoms with Crippen molar-refractivity contribution >= 4 is 23.2 Å². The minimum Gasteiger partial charge on any atom is -0.454 e. The van der Waals surface area contributed by atoms with Crippen molar-refractivity contribution in [2.24, 2.45) is 0 Å². The van der Waals surface area contributed by atoms with Gasteiger partial charge in [-0.05, 0) is 31.2 Å². The standard InChI is InChI=1S/C17H13ClN2O3/c1-11-10-14(20-23-11)17(21)19-13-7-3-5-9-16(13)22-15-8-4-2-6-12(15)18/h2-10H,1H3,(H,19,21). The van der Waals surface area contributed by atoms with Crippen LogP contribution in [0.15, 0.2) is 59.1 Å². The van der Waals surface area contributed by atoms with Gasteiger partial charge in [-0.25, -0.2) is 0 Å². The van der Waals surface area contributed by atoms with Crippen LogP contribution >= 0.6 is 11.6 Å². The third kappa shape index (κ3) is 3.52. The second-order valence-electron chi connectivity index (χ2n) is 4.81. The maximum absolute atomic E-state index is 12.2. The Kier molecular flexibility index (Phi) is 4.30. The average molecular weight is 329 g/mol. The molecule has 3 aromatic rings. The van der Waals surface area contributed by atoms with Crippen molar-refractivity contribution in [2.75, 3.05) is 5.32 Å². The predicted molar refractivity (Wildman–Crippen MR) is 87.2 cm³/mol. The van der Waals surface area contributed by atoms with Crippen molar-refractivity contribution in [1.29, 1.82) is 0 Å². The van der Waals surface area contributed by atoms with Crippen molar-refractivity contribution in [3.63, 3.8) is 0 Å². The zero-order valence-corrected chi connectivity index (χ0v) is 13.0. The van der Waals surface area contributed by atoms with Gasteiger partial charge in [-0.3, -0.25) is 4.79 Å². The molecule has 0 atom stereocenters. The molecule has 2 aromatic carbocycles. The molecule has 1 amide bonds. The van der Waals surface area contributed by atoms with Crippen LogP contribution < -0.4 is 10.1 Å². The van der Waals surface area contributed by atoms with E-state index < -0.39 is 0 Å². The molecule has 0 bridgehead atoms. The fraction of sp³-hybridized carbons (Fsp3) is 0.0588. The smallest absolute Gasteiger partial charge is 0.277 e. The first kappa shape index (κ1) is 15.1. The average Bonchev–Trinajstić information content (AvgIpc) is 2.98. The Bertz CT molecular complexity index is 845. The quantitative estimate of drug-likeness (QED) is 0.755. The highest BCUT2D eigenvalue weighted by Gasteiger charge is 2.14. The van der Waals surface area contributed by atoms with E-state index in [-0.39, 0.29) is 11.6 Å². The van der Waals surface area contributed by atoms with Crippen LogP contribution in [0, 0.1) is 6.92 Å². The number of hydrogen-bond acceptors (Lipinski definition) is 4. The Hall–Kier alpha value is -2.79. The fourth-order valence-electron chi connectivity index (χ4n) is 1.96. The number of ether oxygens (including phenoxy) is 1. The molecule has 6 heteroatoms. The molecule has 0 saturated carbocycles. The first-order chi connectivity index (χ1) is 11.1. The summed E-state index contributed by atoms with van der Waals surface area (Å²) in [5.41, 5.74) is 0.716. The highest BCUT2D eigenvalue weighted by molar-refractivity contribution is 6.32. The van der Waals surface area contributed by atoms with Gasteiger partial charge >= 0.3 is 0 Å². The molecule has 1 N–H and O–H groups in total. The van der Waals surface area contributed by atoms with Crippen molar-refractivity contribution in [2.45, 2.75) is 6.92 Å². The van der Waals surface area contributed by atoms with Gasteiger partial charge in [0, 0.05) is 6.07 Å². The fourth-order valence-corrected chi connectivity index (χ4v) is 2.14. The van der Waals surface area contributed by atoms with E-state index in [1.165, 1.54) is 0 Å². The van der Waals surface area contributed by atoms with Gasteiger partial charge < -0.3 is 14.6 Å². The lowest BCUT2D eigenvalue weighted by atomic mass is 10.2. The highest BCUT2D eigenvalue weighted by Crippen LogP contribution is 2.33. The van der Waals surface area contributed by atoms with Crippen LogP contribution in [0.1, 0.15) is 16.2 Å². The minimum absolute atomic E-state index is 0.204. The van der Waals surface area contributed by atoms with Gasteiger partial charge in [0.1, 0.15) is 11.5 Å². The second-order valence-corrected chi connectivity index (χ2v) is 5.21. The second kappa shape index (κ2) is 6.54. The normalized spacial score (nSPS) is 10.3. The lowest BCUT2D eigenvalue weighted by molar-refractivity contribution is 0.101. The molecule has 0 aliphatic heterocycles. The van der Waals surface area contributed by atoms with Crippen molar-refractivity contribution in [3.8, 4) is 11.5 Å². The van der Waals surface area contributed by atoms with E-state index in [1.54, 1.807) is 43.3 Å². The molecule has 0 saturated heterocycles. The molecule has 116 valence electrons. The lowest BCUT2D eigenvalue weighted by Gasteiger charge is -2.12. The Morgan fingerprint density at radius 2 is 1.83 bits per heavy atom. The first-order valence-corrected chi connectivity index (χ1v) is 7.27. The number of aromatic nitrogens is 1. The number of halogens is 1. The van der Waals surface area contributed by atoms with E-state index in [0.717, 1.165) is 0 Å². The summed E-state index contributed by atoms with van der Waals surface area (Å²) in [6, 6.07) is 15.8. The SMILES string of the molecule is Cc1cc(C(=O)Nc2ccccc2Oc2ccccc2Cl)no1. The van der Waals surface area contributed by atoms with E-state index >= 15 is 0 Å². The number of para-hydroxylation sites is 3. The molecule has 23 heavy (non-hydrogen) atoms. The third-order valence-electron chi connectivity index (χ3n) is 3.05. The van der Waals surface area contributed by atoms with Crippen LogP contribution in [-0.4, -0.2) is 11.1 Å². The number of hydrogen-bond donors (Lipinski definition) is 1. The predicted octanol–water partition coefficient (Wildman–Crippen LogP) is 4.68. The number of nitrogens with one attached hydrogen (secondary N) is 1. The number of rotatable bonds is 4. The Balaban J connectivity index is 1.83. The van der Waals surface area contributed by atoms with Gasteiger partial charge in [-0.15, -0.1) is 0 Å². The zero-order valence-electron chi connectivity index (χ0n) is 12.2. The Morgan fingerprint density at radius 3 is 2.52 bits per heavy atom. The van der Waals surface area contributed by atoms with Crippen LogP contribution in [0.4, 0.5) is 5.69 Å². The van der Waals surface area contributed by atoms with Crippen LogP contribution in [0.2, 0.25) is 5.02 Å². The zero-order chi connectivity index (χ0) is 16.2. The van der Waals surface area contributed by atoms with E-state index in [9.17, 15) is 4.79 Å². The summed E-state index contributed by atoms with van der Waals surface area (Å²) >= 11 is 6.10. The van der Waals surface area contributed by atoms with E-state index in [1.807, 2.05) is 18.2 Å². The van der Waals surface area contributed by atoms with Crippen LogP contribution in [0.5, 0.6) is 11.5 Å². The lowest BCUT2D eigenvalue weighted by Crippen LogP contribution is -2.12. The summed E-state index contributed by atoms with van der Waals surface area (Å²) in [5, 5.41) is 6.93. The highest BCUT2D eigenvalue weighted by atomic mass is 35.5. The number of aryl methyl sites for hydroxylation is 1. The summed E-state index contributed by atoms with van der Waals surface area (Å²) in [6.07, 6.45) is 0. The molecule has 0 unspecified atom stereocenters. The first-order valence-electron chi connectivity index (χ1n) is 6.89. The molecular weight excluding hydrogens is 316 g/mol. The summed E-state index contributed by atoms with van der Waals surface area (Å²) in [4.78, 5) is 12.2. The number of nitrogens with zero attached hydrogens (tertiary/aromatic N) is 1. The molecule has 0 radical (unpaired) electrons. The van der Waals surface area contributed by atoms with Crippen LogP contribution in [0.25, 0.3) is 0 Å². The summed E-state index contributed by atoms with van der Waals surface area (Å²) in [6.45, 7) is 1.72. The maximum atomic E-state index is 12.2. The van der Waals surface area contributed by atoms with Gasteiger partial charge in [-0.2, -0.15) is 0 Å². The summed E-state index contributed by atoms with van der Waals surface area (Å²) in [7, 11) is 0. The Morgan fingerprint density at radius 1 is 1.13 bits per heavy atom. The number of anilines is 1. The van der Waals surface area contributed by atoms with Gasteiger partial charge in [-0.1, -0.05) is 41.0 Å². The largest absolute Gasteiger partial charge is 0.454 e. The minimum atomic E-state index is -0.378. The van der Waals surface area contributed by atoms with E-state index in [2.05, 4.69) is 10.5 Å². The number of carbonyl (C=O) groups excluding carboxylic acids is 1. The van der Waals surface area contributed by atoms with E-state index in [0.29, 0.717) is 28.0 Å². The van der Waals surface area contributed by atoms with Gasteiger partial charge in [0.15, 0.2) is 11.4 Å². The third-order valence-corrected chi connectivity index (χ3v) is 3.36. The van der Waals surface area contributed by atoms with Gasteiger partial charge in [0.2, 0.25) is 0 Å². The molecular formula is C17H13ClN2O3. The van der Waals surface area contributed by atoms with Crippen LogP contribution in [-0.2, 0) is 0 Å². The van der Waals surface area contributed by atoms with Gasteiger partial charge in [0.25, 0.3) is 5.91 Å². The molecule has 1 aromatic heterocycles. The van der Waals surface area contributed by atoms with Crippen molar-refractivity contribution in [3.05, 3.63) is 71.1 Å². The molecule has 0 aliphatic carbocycles. The molecule has 3 rings (SSSR count). The monoisotopic (exact) mass is 328 g/mol. The Labute approximate surface area is 137 Å². The van der Waals surface area contributed by atoms with Crippen molar-refractivity contribution in [1.82, 2.24) is 5.16 Å². The molecule has 0 fully saturated rings. The van der Waals surface area contributed by atoms with Crippen LogP contribution in [0.3, 0.4) is 0 Å². The van der Waals surface area contributed by atoms with E-state index in [4.69, 9.17) is 20.9 Å². The summed E-state index contributed by atoms with van der Waals surface area (Å²) in [5.74, 6) is 1.18. The summed E-state index contributed by atoms with van der Waals surface area (Å²) < 4.78 is 10.7. The number of amides is 1. The number of benzene rings is 2. The van der Waals surface area contributed by atoms with Gasteiger partial charge in [0.05, 0.1) is 10.7 Å². The molecule has 1 heterocycles. The topological polar surface area (TPSA) is 64.4 Å². The maximum Gasteiger partial charge on any atom is 0.277 e. The molecule has 5 nitrogen and oxygen atoms in total. The number of carbonyl (C=O) groups is 1.